The van der Waals surface area contributed by atoms with Crippen LogP contribution in [0.4, 0.5) is 0 Å². The first-order valence-electron chi connectivity index (χ1n) is 6.33. The lowest BCUT2D eigenvalue weighted by Gasteiger charge is -2.17. The van der Waals surface area contributed by atoms with Crippen LogP contribution >= 0.6 is 0 Å². The van der Waals surface area contributed by atoms with Gasteiger partial charge in [-0.2, -0.15) is 0 Å². The molecule has 0 saturated heterocycles. The summed E-state index contributed by atoms with van der Waals surface area (Å²) in [5.74, 6) is -0.775. The van der Waals surface area contributed by atoms with Gasteiger partial charge in [-0.05, 0) is 30.6 Å². The van der Waals surface area contributed by atoms with Gasteiger partial charge in [-0.1, -0.05) is 27.7 Å². The molecule has 2 N–H and O–H groups in total. The van der Waals surface area contributed by atoms with Gasteiger partial charge in [0.15, 0.2) is 0 Å². The zero-order chi connectivity index (χ0) is 13.2. The summed E-state index contributed by atoms with van der Waals surface area (Å²) in [5.41, 5.74) is 0.0883. The third kappa shape index (κ3) is 3.45. The number of hydrogen-bond acceptors (Lipinski definition) is 2. The molecule has 17 heavy (non-hydrogen) atoms. The zero-order valence-corrected chi connectivity index (χ0v) is 11.1. The Kier molecular flexibility index (Phi) is 4.17. The highest BCUT2D eigenvalue weighted by atomic mass is 16.4. The molecule has 0 aromatic heterocycles. The highest BCUT2D eigenvalue weighted by Crippen LogP contribution is 2.54. The van der Waals surface area contributed by atoms with Crippen LogP contribution in [0.5, 0.6) is 0 Å². The van der Waals surface area contributed by atoms with Crippen molar-refractivity contribution in [1.82, 2.24) is 5.32 Å². The van der Waals surface area contributed by atoms with Gasteiger partial charge in [-0.15, -0.1) is 0 Å². The van der Waals surface area contributed by atoms with Crippen LogP contribution in [0.25, 0.3) is 0 Å². The average Bonchev–Trinajstić information content (AvgIpc) is 2.90. The lowest BCUT2D eigenvalue weighted by Crippen LogP contribution is -2.42. The Morgan fingerprint density at radius 3 is 2.41 bits per heavy atom. The van der Waals surface area contributed by atoms with E-state index in [2.05, 4.69) is 19.2 Å². The Morgan fingerprint density at radius 1 is 1.47 bits per heavy atom. The number of nitrogens with one attached hydrogen (secondary N) is 1. The molecule has 0 spiro atoms. The van der Waals surface area contributed by atoms with Crippen molar-refractivity contribution in [3.63, 3.8) is 0 Å². The molecular formula is C13H23NO3. The number of carboxylic acid groups (broad SMARTS) is 1. The molecule has 1 fully saturated rings. The topological polar surface area (TPSA) is 66.4 Å². The van der Waals surface area contributed by atoms with Gasteiger partial charge < -0.3 is 10.4 Å². The summed E-state index contributed by atoms with van der Waals surface area (Å²) < 4.78 is 0. The number of rotatable bonds is 6. The van der Waals surface area contributed by atoms with Gasteiger partial charge in [0.25, 0.3) is 0 Å². The van der Waals surface area contributed by atoms with E-state index < -0.39 is 12.0 Å². The molecule has 1 aliphatic rings. The maximum atomic E-state index is 11.9. The molecule has 98 valence electrons. The van der Waals surface area contributed by atoms with Gasteiger partial charge in [0.1, 0.15) is 6.04 Å². The largest absolute Gasteiger partial charge is 0.480 e. The molecule has 0 heterocycles. The lowest BCUT2D eigenvalue weighted by atomic mass is 10.0. The van der Waals surface area contributed by atoms with Crippen LogP contribution in [0.15, 0.2) is 0 Å². The monoisotopic (exact) mass is 241 g/mol. The fourth-order valence-electron chi connectivity index (χ4n) is 2.17. The Morgan fingerprint density at radius 2 is 2.06 bits per heavy atom. The van der Waals surface area contributed by atoms with E-state index in [1.165, 1.54) is 0 Å². The molecule has 0 aromatic carbocycles. The van der Waals surface area contributed by atoms with E-state index in [0.29, 0.717) is 6.42 Å². The fourth-order valence-corrected chi connectivity index (χ4v) is 2.17. The van der Waals surface area contributed by atoms with Gasteiger partial charge in [-0.25, -0.2) is 4.79 Å². The number of aliphatic carboxylic acids is 1. The second-order valence-electron chi connectivity index (χ2n) is 5.79. The second kappa shape index (κ2) is 5.07. The molecule has 2 unspecified atom stereocenters. The molecular weight excluding hydrogens is 218 g/mol. The first-order chi connectivity index (χ1) is 7.80. The molecule has 1 amide bonds. The van der Waals surface area contributed by atoms with Crippen molar-refractivity contribution in [2.75, 3.05) is 0 Å². The summed E-state index contributed by atoms with van der Waals surface area (Å²) in [6.07, 6.45) is 2.33. The van der Waals surface area contributed by atoms with E-state index in [1.807, 2.05) is 13.8 Å². The fraction of sp³-hybridized carbons (Fsp3) is 0.846. The standard InChI is InChI=1S/C13H23NO3/c1-5-13(4)7-9(13)11(15)14-10(12(16)17)6-8(2)3/h8-10H,5-7H2,1-4H3,(H,14,15)(H,16,17)/t9?,10-,13?/m1/s1. The molecule has 0 radical (unpaired) electrons. The Hall–Kier alpha value is -1.06. The molecule has 4 heteroatoms. The van der Waals surface area contributed by atoms with Gasteiger partial charge >= 0.3 is 5.97 Å². The molecule has 4 nitrogen and oxygen atoms in total. The zero-order valence-electron chi connectivity index (χ0n) is 11.1. The summed E-state index contributed by atoms with van der Waals surface area (Å²) in [6, 6.07) is -0.746. The minimum atomic E-state index is -0.939. The maximum Gasteiger partial charge on any atom is 0.326 e. The first-order valence-corrected chi connectivity index (χ1v) is 6.33. The van der Waals surface area contributed by atoms with Crippen LogP contribution < -0.4 is 5.32 Å². The Bertz CT molecular complexity index is 314. The highest BCUT2D eigenvalue weighted by molar-refractivity contribution is 5.87. The molecule has 3 atom stereocenters. The van der Waals surface area contributed by atoms with Crippen LogP contribution in [0.3, 0.4) is 0 Å². The third-order valence-corrected chi connectivity index (χ3v) is 3.80. The Labute approximate surface area is 103 Å². The van der Waals surface area contributed by atoms with Crippen LogP contribution in [-0.2, 0) is 9.59 Å². The summed E-state index contributed by atoms with van der Waals surface area (Å²) >= 11 is 0. The summed E-state index contributed by atoms with van der Waals surface area (Å²) in [6.45, 7) is 8.05. The van der Waals surface area contributed by atoms with Crippen LogP contribution in [0, 0.1) is 17.3 Å². The van der Waals surface area contributed by atoms with Crippen LogP contribution in [0.1, 0.15) is 47.0 Å². The van der Waals surface area contributed by atoms with Crippen LogP contribution in [-0.4, -0.2) is 23.0 Å². The average molecular weight is 241 g/mol. The van der Waals surface area contributed by atoms with E-state index in [4.69, 9.17) is 5.11 Å². The van der Waals surface area contributed by atoms with Crippen molar-refractivity contribution >= 4 is 11.9 Å². The summed E-state index contributed by atoms with van der Waals surface area (Å²) in [7, 11) is 0. The van der Waals surface area contributed by atoms with E-state index in [-0.39, 0.29) is 23.2 Å². The number of carbonyl (C=O) groups is 2. The second-order valence-corrected chi connectivity index (χ2v) is 5.79. The number of carbonyl (C=O) groups excluding carboxylic acids is 1. The van der Waals surface area contributed by atoms with Crippen molar-refractivity contribution in [3.8, 4) is 0 Å². The first kappa shape index (κ1) is 14.0. The molecule has 1 saturated carbocycles. The number of hydrogen-bond donors (Lipinski definition) is 2. The highest BCUT2D eigenvalue weighted by Gasteiger charge is 2.53. The van der Waals surface area contributed by atoms with Crippen LogP contribution in [0.2, 0.25) is 0 Å². The van der Waals surface area contributed by atoms with Gasteiger partial charge in [0.2, 0.25) is 5.91 Å². The molecule has 0 aliphatic heterocycles. The summed E-state index contributed by atoms with van der Waals surface area (Å²) in [5, 5.41) is 11.7. The molecule has 0 aromatic rings. The van der Waals surface area contributed by atoms with Crippen molar-refractivity contribution in [3.05, 3.63) is 0 Å². The van der Waals surface area contributed by atoms with Crippen molar-refractivity contribution < 1.29 is 14.7 Å². The Balaban J connectivity index is 2.52. The predicted octanol–water partition coefficient (Wildman–Crippen LogP) is 2.04. The summed E-state index contributed by atoms with van der Waals surface area (Å²) in [4.78, 5) is 22.9. The van der Waals surface area contributed by atoms with E-state index in [0.717, 1.165) is 12.8 Å². The van der Waals surface area contributed by atoms with Gasteiger partial charge in [0, 0.05) is 5.92 Å². The number of carboxylic acids is 1. The minimum Gasteiger partial charge on any atom is -0.480 e. The van der Waals surface area contributed by atoms with Crippen molar-refractivity contribution in [2.24, 2.45) is 17.3 Å². The molecule has 0 bridgehead atoms. The smallest absolute Gasteiger partial charge is 0.326 e. The predicted molar refractivity (Wildman–Crippen MR) is 65.5 cm³/mol. The van der Waals surface area contributed by atoms with Gasteiger partial charge in [-0.3, -0.25) is 4.79 Å². The third-order valence-electron chi connectivity index (χ3n) is 3.80. The quantitative estimate of drug-likeness (QED) is 0.747. The van der Waals surface area contributed by atoms with Crippen molar-refractivity contribution in [2.45, 2.75) is 53.0 Å². The molecule has 1 rings (SSSR count). The maximum absolute atomic E-state index is 11.9. The normalized spacial score (nSPS) is 28.9. The van der Waals surface area contributed by atoms with Crippen molar-refractivity contribution in [1.29, 1.82) is 0 Å². The minimum absolute atomic E-state index is 0.00140. The SMILES string of the molecule is CCC1(C)CC1C(=O)N[C@H](CC(C)C)C(=O)O. The van der Waals surface area contributed by atoms with E-state index in [1.54, 1.807) is 0 Å². The number of amides is 1. The van der Waals surface area contributed by atoms with E-state index in [9.17, 15) is 9.59 Å². The lowest BCUT2D eigenvalue weighted by molar-refractivity contribution is -0.142. The van der Waals surface area contributed by atoms with Gasteiger partial charge in [0.05, 0.1) is 0 Å². The molecule has 1 aliphatic carbocycles. The van der Waals surface area contributed by atoms with E-state index >= 15 is 0 Å².